The number of carbonyl (C=O) groups is 1. The first kappa shape index (κ1) is 18.0. The minimum absolute atomic E-state index is 0.133. The van der Waals surface area contributed by atoms with Crippen LogP contribution in [0, 0.1) is 11.8 Å². The summed E-state index contributed by atoms with van der Waals surface area (Å²) in [5.41, 5.74) is 0.485. The summed E-state index contributed by atoms with van der Waals surface area (Å²) in [4.78, 5) is 21.0. The number of rotatable bonds is 5. The third kappa shape index (κ3) is 3.34. The Morgan fingerprint density at radius 3 is 2.81 bits per heavy atom. The maximum Gasteiger partial charge on any atom is 0.283 e. The molecule has 0 atom stereocenters. The predicted molar refractivity (Wildman–Crippen MR) is 101 cm³/mol. The van der Waals surface area contributed by atoms with Crippen LogP contribution in [-0.4, -0.2) is 20.3 Å². The Kier molecular flexibility index (Phi) is 4.67. The van der Waals surface area contributed by atoms with Gasteiger partial charge in [-0.25, -0.2) is 18.7 Å². The van der Waals surface area contributed by atoms with Crippen molar-refractivity contribution in [3.63, 3.8) is 0 Å². The Morgan fingerprint density at radius 1 is 1.33 bits per heavy atom. The molecule has 1 aliphatic carbocycles. The number of thiazole rings is 1. The van der Waals surface area contributed by atoms with E-state index in [-0.39, 0.29) is 16.6 Å². The average Bonchev–Trinajstić information content (AvgIpc) is 3.17. The fourth-order valence-corrected chi connectivity index (χ4v) is 4.55. The number of alkyl halides is 2. The van der Waals surface area contributed by atoms with Crippen molar-refractivity contribution in [1.82, 2.24) is 14.4 Å². The first-order chi connectivity index (χ1) is 12.9. The van der Waals surface area contributed by atoms with Gasteiger partial charge in [0.1, 0.15) is 16.3 Å². The summed E-state index contributed by atoms with van der Waals surface area (Å²) in [5.74, 6) is 0.959. The van der Waals surface area contributed by atoms with E-state index in [0.717, 1.165) is 12.8 Å². The zero-order chi connectivity index (χ0) is 19.1. The topological polar surface area (TPSA) is 59.3 Å². The van der Waals surface area contributed by atoms with E-state index in [4.69, 9.17) is 0 Å². The van der Waals surface area contributed by atoms with Crippen molar-refractivity contribution in [2.75, 3.05) is 5.32 Å². The summed E-state index contributed by atoms with van der Waals surface area (Å²) in [6.45, 7) is 4.35. The zero-order valence-corrected chi connectivity index (χ0v) is 15.8. The number of hydrogen-bond donors (Lipinski definition) is 1. The largest absolute Gasteiger partial charge is 0.312 e. The molecule has 0 aromatic carbocycles. The maximum absolute atomic E-state index is 13.5. The van der Waals surface area contributed by atoms with E-state index >= 15 is 0 Å². The number of hydrogen-bond acceptors (Lipinski definition) is 4. The lowest BCUT2D eigenvalue weighted by atomic mass is 9.70. The van der Waals surface area contributed by atoms with E-state index in [0.29, 0.717) is 28.1 Å². The van der Waals surface area contributed by atoms with Crippen LogP contribution in [0.1, 0.15) is 60.1 Å². The SMILES string of the molecule is CC(C)[C@H]1C[C@H](c2nc(C(F)F)c(NC(=O)c3ccn4cccnc34)s2)C1. The molecule has 3 aromatic heterocycles. The van der Waals surface area contributed by atoms with Crippen molar-refractivity contribution in [2.45, 2.75) is 39.0 Å². The predicted octanol–water partition coefficient (Wildman–Crippen LogP) is 5.13. The Bertz CT molecular complexity index is 975. The smallest absolute Gasteiger partial charge is 0.283 e. The van der Waals surface area contributed by atoms with Gasteiger partial charge in [-0.15, -0.1) is 11.3 Å². The molecule has 0 bridgehead atoms. The second kappa shape index (κ2) is 6.99. The van der Waals surface area contributed by atoms with Crippen LogP contribution < -0.4 is 5.32 Å². The minimum Gasteiger partial charge on any atom is -0.312 e. The number of nitrogens with zero attached hydrogens (tertiary/aromatic N) is 3. The number of fused-ring (bicyclic) bond motifs is 1. The number of carbonyl (C=O) groups excluding carboxylic acids is 1. The van der Waals surface area contributed by atoms with E-state index in [9.17, 15) is 13.6 Å². The van der Waals surface area contributed by atoms with Crippen LogP contribution in [0.3, 0.4) is 0 Å². The fraction of sp³-hybridized carbons (Fsp3) is 0.421. The van der Waals surface area contributed by atoms with Gasteiger partial charge >= 0.3 is 0 Å². The lowest BCUT2D eigenvalue weighted by Crippen LogP contribution is -2.25. The second-order valence-electron chi connectivity index (χ2n) is 7.27. The van der Waals surface area contributed by atoms with Gasteiger partial charge in [0.25, 0.3) is 12.3 Å². The Labute approximate surface area is 159 Å². The molecule has 0 unspecified atom stereocenters. The average molecular weight is 390 g/mol. The number of nitrogens with one attached hydrogen (secondary N) is 1. The van der Waals surface area contributed by atoms with Gasteiger partial charge in [0, 0.05) is 24.5 Å². The molecule has 0 aliphatic heterocycles. The highest BCUT2D eigenvalue weighted by molar-refractivity contribution is 7.16. The zero-order valence-electron chi connectivity index (χ0n) is 15.0. The Morgan fingerprint density at radius 2 is 2.11 bits per heavy atom. The van der Waals surface area contributed by atoms with E-state index in [1.807, 2.05) is 0 Å². The van der Waals surface area contributed by atoms with Crippen LogP contribution in [-0.2, 0) is 0 Å². The lowest BCUT2D eigenvalue weighted by Gasteiger charge is -2.36. The molecule has 27 heavy (non-hydrogen) atoms. The molecule has 4 rings (SSSR count). The van der Waals surface area contributed by atoms with Crippen LogP contribution in [0.5, 0.6) is 0 Å². The molecule has 0 radical (unpaired) electrons. The van der Waals surface area contributed by atoms with Gasteiger partial charge in [-0.05, 0) is 36.8 Å². The number of halogens is 2. The summed E-state index contributed by atoms with van der Waals surface area (Å²) >= 11 is 1.17. The summed E-state index contributed by atoms with van der Waals surface area (Å²) < 4.78 is 28.6. The summed E-state index contributed by atoms with van der Waals surface area (Å²) in [6.07, 6.45) is 4.28. The minimum atomic E-state index is -2.73. The number of anilines is 1. The highest BCUT2D eigenvalue weighted by Crippen LogP contribution is 2.48. The van der Waals surface area contributed by atoms with Crippen LogP contribution in [0.2, 0.25) is 0 Å². The van der Waals surface area contributed by atoms with E-state index in [2.05, 4.69) is 29.1 Å². The molecule has 0 spiro atoms. The van der Waals surface area contributed by atoms with E-state index in [1.165, 1.54) is 11.3 Å². The molecule has 1 saturated carbocycles. The summed E-state index contributed by atoms with van der Waals surface area (Å²) in [7, 11) is 0. The molecule has 5 nitrogen and oxygen atoms in total. The molecule has 3 heterocycles. The summed E-state index contributed by atoms with van der Waals surface area (Å²) in [5, 5.41) is 3.45. The van der Waals surface area contributed by atoms with Crippen LogP contribution in [0.4, 0.5) is 13.8 Å². The van der Waals surface area contributed by atoms with Crippen molar-refractivity contribution < 1.29 is 13.6 Å². The number of aromatic nitrogens is 3. The van der Waals surface area contributed by atoms with Crippen LogP contribution in [0.15, 0.2) is 30.7 Å². The van der Waals surface area contributed by atoms with Crippen molar-refractivity contribution in [3.05, 3.63) is 47.0 Å². The van der Waals surface area contributed by atoms with Crippen LogP contribution >= 0.6 is 11.3 Å². The molecule has 8 heteroatoms. The van der Waals surface area contributed by atoms with Gasteiger partial charge in [-0.3, -0.25) is 4.79 Å². The van der Waals surface area contributed by atoms with Gasteiger partial charge in [0.2, 0.25) is 0 Å². The van der Waals surface area contributed by atoms with Crippen molar-refractivity contribution in [1.29, 1.82) is 0 Å². The quantitative estimate of drug-likeness (QED) is 0.657. The molecule has 1 fully saturated rings. The van der Waals surface area contributed by atoms with E-state index in [1.54, 1.807) is 35.1 Å². The highest BCUT2D eigenvalue weighted by atomic mass is 32.1. The lowest BCUT2D eigenvalue weighted by molar-refractivity contribution is 0.102. The maximum atomic E-state index is 13.5. The molecular weight excluding hydrogens is 370 g/mol. The van der Waals surface area contributed by atoms with Gasteiger partial charge in [0.15, 0.2) is 0 Å². The van der Waals surface area contributed by atoms with E-state index < -0.39 is 12.3 Å². The van der Waals surface area contributed by atoms with Crippen LogP contribution in [0.25, 0.3) is 5.65 Å². The normalized spacial score (nSPS) is 19.6. The third-order valence-electron chi connectivity index (χ3n) is 5.23. The van der Waals surface area contributed by atoms with Crippen molar-refractivity contribution in [3.8, 4) is 0 Å². The molecule has 1 N–H and O–H groups in total. The van der Waals surface area contributed by atoms with Gasteiger partial charge in [-0.2, -0.15) is 0 Å². The Balaban J connectivity index is 1.57. The monoisotopic (exact) mass is 390 g/mol. The molecular formula is C19H20F2N4OS. The van der Waals surface area contributed by atoms with Gasteiger partial charge in [0.05, 0.1) is 10.6 Å². The Hall–Kier alpha value is -2.35. The third-order valence-corrected chi connectivity index (χ3v) is 6.38. The fourth-order valence-electron chi connectivity index (χ4n) is 3.46. The first-order valence-corrected chi connectivity index (χ1v) is 9.77. The van der Waals surface area contributed by atoms with Gasteiger partial charge in [-0.1, -0.05) is 13.8 Å². The highest BCUT2D eigenvalue weighted by Gasteiger charge is 2.35. The molecule has 1 aliphatic rings. The van der Waals surface area contributed by atoms with Crippen molar-refractivity contribution in [2.24, 2.45) is 11.8 Å². The van der Waals surface area contributed by atoms with Gasteiger partial charge < -0.3 is 9.72 Å². The first-order valence-electron chi connectivity index (χ1n) is 8.95. The second-order valence-corrected chi connectivity index (χ2v) is 8.30. The molecule has 0 saturated heterocycles. The molecule has 3 aromatic rings. The molecule has 142 valence electrons. The van der Waals surface area contributed by atoms with Crippen molar-refractivity contribution >= 4 is 27.9 Å². The standard InChI is InChI=1S/C19H20F2N4OS/c1-10(2)11-8-12(9-11)18-23-14(15(20)21)19(27-18)24-17(26)13-4-7-25-6-3-5-22-16(13)25/h3-7,10-12,15H,8-9H2,1-2H3,(H,24,26)/t11-,12-. The molecule has 1 amide bonds. The summed E-state index contributed by atoms with van der Waals surface area (Å²) in [6, 6.07) is 3.38. The number of amides is 1.